The summed E-state index contributed by atoms with van der Waals surface area (Å²) in [7, 11) is -1.59. The van der Waals surface area contributed by atoms with Crippen molar-refractivity contribution in [2.45, 2.75) is 0 Å². The van der Waals surface area contributed by atoms with Crippen LogP contribution in [0, 0.1) is 0 Å². The summed E-state index contributed by atoms with van der Waals surface area (Å²) in [6.07, 6.45) is 0. The minimum Gasteiger partial charge on any atom is -0.759 e. The van der Waals surface area contributed by atoms with Gasteiger partial charge < -0.3 is 20.6 Å². The molecule has 0 aromatic heterocycles. The summed E-state index contributed by atoms with van der Waals surface area (Å²) in [4.78, 5) is 5.60. The third-order valence-corrected chi connectivity index (χ3v) is 3.15. The number of rotatable bonds is 4. The average Bonchev–Trinajstić information content (AvgIpc) is 2.40. The number of amidine groups is 2. The number of hydrogen-bond acceptors (Lipinski definition) is 8. The van der Waals surface area contributed by atoms with E-state index in [9.17, 15) is 0 Å². The number of hydrogen-bond donors (Lipinski definition) is 6. The van der Waals surface area contributed by atoms with Gasteiger partial charge in [-0.05, 0) is 23.5 Å². The molecule has 0 radical (unpaired) electrons. The standard InChI is InChI=1S/2C4H11N3S.H2O4S/c2*1-7-4(6)8-3-2-5;1-5(2,3)4/h2*2-3,5H2,1H3,(H2,6,7);(H2,1,2,3,4). The van der Waals surface area contributed by atoms with E-state index >= 15 is 0 Å². The first-order valence-corrected chi connectivity index (χ1v) is 8.85. The summed E-state index contributed by atoms with van der Waals surface area (Å²) >= 11 is 3.07. The topological polar surface area (TPSA) is 212 Å². The Labute approximate surface area is 133 Å². The molecule has 0 aromatic rings. The highest BCUT2D eigenvalue weighted by Gasteiger charge is 1.94. The Morgan fingerprint density at radius 2 is 1.19 bits per heavy atom. The summed E-state index contributed by atoms with van der Waals surface area (Å²) in [5.74, 6) is 1.76. The zero-order chi connectivity index (χ0) is 17.3. The zero-order valence-electron chi connectivity index (χ0n) is 12.0. The lowest BCUT2D eigenvalue weighted by Crippen LogP contribution is -2.69. The lowest BCUT2D eigenvalue weighted by molar-refractivity contribution is -0.417. The third-order valence-electron chi connectivity index (χ3n) is 1.24. The quantitative estimate of drug-likeness (QED) is 0.120. The second-order valence-electron chi connectivity index (χ2n) is 2.91. The van der Waals surface area contributed by atoms with Crippen LogP contribution in [0.3, 0.4) is 0 Å². The number of thioether (sulfide) groups is 2. The molecule has 0 amide bonds. The van der Waals surface area contributed by atoms with Crippen LogP contribution in [0.25, 0.3) is 0 Å². The number of nitrogens with one attached hydrogen (secondary N) is 2. The molecule has 0 saturated heterocycles. The van der Waals surface area contributed by atoms with Crippen molar-refractivity contribution in [2.75, 3.05) is 38.7 Å². The van der Waals surface area contributed by atoms with Crippen LogP contribution in [-0.2, 0) is 10.4 Å². The minimum absolute atomic E-state index is 0.674. The lowest BCUT2D eigenvalue weighted by atomic mass is 10.8. The summed E-state index contributed by atoms with van der Waals surface area (Å²) in [6.45, 7) is 1.35. The smallest absolute Gasteiger partial charge is 0.301 e. The molecule has 0 aromatic carbocycles. The van der Waals surface area contributed by atoms with Gasteiger partial charge in [0.25, 0.3) is 0 Å². The lowest BCUT2D eigenvalue weighted by Gasteiger charge is -2.06. The Hall–Kier alpha value is -0.570. The molecule has 0 aliphatic heterocycles. The fraction of sp³-hybridized carbons (Fsp3) is 0.750. The van der Waals surface area contributed by atoms with Gasteiger partial charge in [0.15, 0.2) is 0 Å². The molecule has 0 rings (SSSR count). The molecule has 10 N–H and O–H groups in total. The summed E-state index contributed by atoms with van der Waals surface area (Å²) in [6, 6.07) is 0. The molecule has 0 bridgehead atoms. The fourth-order valence-electron chi connectivity index (χ4n) is 0.482. The third kappa shape index (κ3) is 45.2. The van der Waals surface area contributed by atoms with Crippen molar-refractivity contribution in [3.05, 3.63) is 0 Å². The highest BCUT2D eigenvalue weighted by atomic mass is 32.3. The second kappa shape index (κ2) is 17.5. The van der Waals surface area contributed by atoms with Gasteiger partial charge in [-0.25, -0.2) is 0 Å². The second-order valence-corrected chi connectivity index (χ2v) is 6.00. The molecule has 0 saturated carbocycles. The van der Waals surface area contributed by atoms with Crippen LogP contribution in [0.5, 0.6) is 0 Å². The first kappa shape index (κ1) is 25.4. The van der Waals surface area contributed by atoms with Crippen molar-refractivity contribution in [1.82, 2.24) is 0 Å². The van der Waals surface area contributed by atoms with Gasteiger partial charge in [-0.2, -0.15) is 0 Å². The number of nitrogens with two attached hydrogens (primary N) is 4. The molecule has 0 heterocycles. The van der Waals surface area contributed by atoms with Crippen molar-refractivity contribution in [3.63, 3.8) is 0 Å². The van der Waals surface area contributed by atoms with E-state index in [2.05, 4.69) is 9.98 Å². The van der Waals surface area contributed by atoms with E-state index in [0.29, 0.717) is 13.1 Å². The van der Waals surface area contributed by atoms with Crippen LogP contribution in [0.15, 0.2) is 0 Å². The molecule has 0 aliphatic rings. The van der Waals surface area contributed by atoms with Gasteiger partial charge in [-0.1, -0.05) is 0 Å². The van der Waals surface area contributed by atoms with Crippen molar-refractivity contribution in [2.24, 2.45) is 22.9 Å². The van der Waals surface area contributed by atoms with Crippen LogP contribution in [0.2, 0.25) is 0 Å². The molecule has 0 unspecified atom stereocenters. The molecule has 21 heavy (non-hydrogen) atoms. The van der Waals surface area contributed by atoms with E-state index in [1.807, 2.05) is 0 Å². The van der Waals surface area contributed by atoms with E-state index in [-0.39, 0.29) is 0 Å². The predicted molar refractivity (Wildman–Crippen MR) is 85.7 cm³/mol. The van der Waals surface area contributed by atoms with Gasteiger partial charge in [0, 0.05) is 35.0 Å². The molecular weight excluding hydrogens is 340 g/mol. The Bertz CT molecular complexity index is 357. The molecule has 128 valence electrons. The highest BCUT2D eigenvalue weighted by molar-refractivity contribution is 8.13. The van der Waals surface area contributed by atoms with Gasteiger partial charge in [-0.3, -0.25) is 29.9 Å². The van der Waals surface area contributed by atoms with Crippen molar-refractivity contribution in [3.8, 4) is 0 Å². The normalized spacial score (nSPS) is 11.9. The minimum atomic E-state index is -5.17. The van der Waals surface area contributed by atoms with E-state index in [4.69, 9.17) is 40.5 Å². The van der Waals surface area contributed by atoms with Crippen LogP contribution in [0.1, 0.15) is 0 Å². The summed E-state index contributed by atoms with van der Waals surface area (Å²) in [5.41, 5.74) is 21.2. The van der Waals surface area contributed by atoms with Gasteiger partial charge in [0.05, 0.1) is 14.1 Å². The first-order chi connectivity index (χ1) is 9.62. The molecule has 0 atom stereocenters. The Kier molecular flexibility index (Phi) is 21.1. The van der Waals surface area contributed by atoms with E-state index < -0.39 is 10.4 Å². The van der Waals surface area contributed by atoms with E-state index in [1.165, 1.54) is 23.5 Å². The average molecular weight is 365 g/mol. The van der Waals surface area contributed by atoms with Crippen molar-refractivity contribution < 1.29 is 27.5 Å². The molecule has 0 aliphatic carbocycles. The predicted octanol–water partition coefficient (Wildman–Crippen LogP) is -5.93. The van der Waals surface area contributed by atoms with Gasteiger partial charge in [0.1, 0.15) is 0 Å². The molecular formula is C8H24N6O4S3. The fourth-order valence-corrected chi connectivity index (χ4v) is 1.45. The molecule has 0 spiro atoms. The maximum absolute atomic E-state index is 8.52. The van der Waals surface area contributed by atoms with Crippen LogP contribution < -0.4 is 32.9 Å². The van der Waals surface area contributed by atoms with E-state index in [0.717, 1.165) is 21.8 Å². The van der Waals surface area contributed by atoms with Crippen molar-refractivity contribution >= 4 is 44.3 Å². The Morgan fingerprint density at radius 3 is 1.33 bits per heavy atom. The Balaban J connectivity index is -0.000000239. The van der Waals surface area contributed by atoms with Crippen LogP contribution >= 0.6 is 23.5 Å². The zero-order valence-corrected chi connectivity index (χ0v) is 14.4. The maximum atomic E-state index is 8.52. The molecule has 13 heteroatoms. The maximum Gasteiger partial charge on any atom is 0.301 e. The SMILES string of the molecule is C[NH+]=C(N)SCCN.C[NH+]=C(N)SCCN.O=S(=O)([O-])[O-]. The van der Waals surface area contributed by atoms with Gasteiger partial charge in [0.2, 0.25) is 0 Å². The summed E-state index contributed by atoms with van der Waals surface area (Å²) < 4.78 is 34.1. The Morgan fingerprint density at radius 1 is 0.952 bits per heavy atom. The summed E-state index contributed by atoms with van der Waals surface area (Å²) in [5, 5.41) is 1.46. The van der Waals surface area contributed by atoms with E-state index in [1.54, 1.807) is 14.1 Å². The molecule has 0 fully saturated rings. The van der Waals surface area contributed by atoms with Gasteiger partial charge in [-0.15, -0.1) is 0 Å². The molecule has 10 nitrogen and oxygen atoms in total. The van der Waals surface area contributed by atoms with Gasteiger partial charge >= 0.3 is 10.3 Å². The highest BCUT2D eigenvalue weighted by Crippen LogP contribution is 1.90. The van der Waals surface area contributed by atoms with Crippen molar-refractivity contribution in [1.29, 1.82) is 0 Å². The first-order valence-electron chi connectivity index (χ1n) is 5.55. The largest absolute Gasteiger partial charge is 0.759 e. The van der Waals surface area contributed by atoms with Crippen LogP contribution in [0.4, 0.5) is 0 Å². The monoisotopic (exact) mass is 364 g/mol. The van der Waals surface area contributed by atoms with Crippen LogP contribution in [-0.4, -0.2) is 66.5 Å².